The third-order valence-electron chi connectivity index (χ3n) is 3.79. The topological polar surface area (TPSA) is 53.2 Å². The van der Waals surface area contributed by atoms with E-state index in [4.69, 9.17) is 0 Å². The summed E-state index contributed by atoms with van der Waals surface area (Å²) in [6, 6.07) is 1.86. The number of hydrogen-bond acceptors (Lipinski definition) is 3. The second kappa shape index (κ2) is 6.48. The summed E-state index contributed by atoms with van der Waals surface area (Å²) in [5, 5.41) is 0. The van der Waals surface area contributed by atoms with Crippen molar-refractivity contribution in [3.63, 3.8) is 0 Å². The molecule has 4 nitrogen and oxygen atoms in total. The summed E-state index contributed by atoms with van der Waals surface area (Å²) in [6.07, 6.45) is 4.29. The van der Waals surface area contributed by atoms with E-state index in [-0.39, 0.29) is 11.5 Å². The van der Waals surface area contributed by atoms with Gasteiger partial charge in [0, 0.05) is 18.8 Å². The van der Waals surface area contributed by atoms with Crippen LogP contribution in [0.1, 0.15) is 34.5 Å². The SMILES string of the molecule is CSCC1CCCN(C(=O)c2c(C)cc(C)[nH]c2=O)C1. The lowest BCUT2D eigenvalue weighted by molar-refractivity contribution is 0.0683. The molecule has 1 aromatic heterocycles. The van der Waals surface area contributed by atoms with Crippen molar-refractivity contribution in [2.75, 3.05) is 25.1 Å². The quantitative estimate of drug-likeness (QED) is 0.930. The first-order valence-electron chi connectivity index (χ1n) is 7.01. The summed E-state index contributed by atoms with van der Waals surface area (Å²) >= 11 is 1.82. The fourth-order valence-corrected chi connectivity index (χ4v) is 3.64. The van der Waals surface area contributed by atoms with E-state index in [0.29, 0.717) is 11.5 Å². The molecule has 1 atom stereocenters. The molecule has 1 aliphatic heterocycles. The van der Waals surface area contributed by atoms with Crippen molar-refractivity contribution in [1.82, 2.24) is 9.88 Å². The number of piperidine rings is 1. The highest BCUT2D eigenvalue weighted by atomic mass is 32.2. The number of likely N-dealkylation sites (tertiary alicyclic amines) is 1. The molecule has 1 unspecified atom stereocenters. The predicted octanol–water partition coefficient (Wildman–Crippen LogP) is 2.21. The number of pyridine rings is 1. The number of hydrogen-bond donors (Lipinski definition) is 1. The number of carbonyl (C=O) groups excluding carboxylic acids is 1. The van der Waals surface area contributed by atoms with Crippen LogP contribution in [0.3, 0.4) is 0 Å². The Balaban J connectivity index is 2.21. The molecule has 5 heteroatoms. The molecule has 1 saturated heterocycles. The monoisotopic (exact) mass is 294 g/mol. The van der Waals surface area contributed by atoms with Crippen LogP contribution in [0.5, 0.6) is 0 Å². The van der Waals surface area contributed by atoms with Crippen molar-refractivity contribution >= 4 is 17.7 Å². The zero-order chi connectivity index (χ0) is 14.7. The number of nitrogens with one attached hydrogen (secondary N) is 1. The Labute approximate surface area is 124 Å². The van der Waals surface area contributed by atoms with E-state index in [1.54, 1.807) is 0 Å². The normalized spacial score (nSPS) is 19.1. The van der Waals surface area contributed by atoms with Gasteiger partial charge < -0.3 is 9.88 Å². The third kappa shape index (κ3) is 3.26. The van der Waals surface area contributed by atoms with E-state index in [1.165, 1.54) is 6.42 Å². The predicted molar refractivity (Wildman–Crippen MR) is 83.5 cm³/mol. The molecule has 0 aliphatic carbocycles. The zero-order valence-corrected chi connectivity index (χ0v) is 13.2. The number of rotatable bonds is 3. The average Bonchev–Trinajstić information content (AvgIpc) is 2.38. The second-order valence-corrected chi connectivity index (χ2v) is 6.46. The van der Waals surface area contributed by atoms with Gasteiger partial charge in [-0.05, 0) is 56.2 Å². The number of nitrogens with zero attached hydrogens (tertiary/aromatic N) is 1. The van der Waals surface area contributed by atoms with Gasteiger partial charge in [-0.25, -0.2) is 0 Å². The van der Waals surface area contributed by atoms with Crippen LogP contribution in [0, 0.1) is 19.8 Å². The van der Waals surface area contributed by atoms with Gasteiger partial charge in [0.25, 0.3) is 11.5 Å². The number of aromatic nitrogens is 1. The largest absolute Gasteiger partial charge is 0.338 e. The molecular weight excluding hydrogens is 272 g/mol. The van der Waals surface area contributed by atoms with E-state index in [0.717, 1.165) is 36.5 Å². The van der Waals surface area contributed by atoms with Gasteiger partial charge in [-0.2, -0.15) is 11.8 Å². The fourth-order valence-electron chi connectivity index (χ4n) is 2.90. The van der Waals surface area contributed by atoms with Crippen LogP contribution in [-0.2, 0) is 0 Å². The Morgan fingerprint density at radius 1 is 1.50 bits per heavy atom. The van der Waals surface area contributed by atoms with Gasteiger partial charge in [-0.15, -0.1) is 0 Å². The van der Waals surface area contributed by atoms with Crippen LogP contribution in [0.15, 0.2) is 10.9 Å². The number of aromatic amines is 1. The van der Waals surface area contributed by atoms with Crippen LogP contribution in [0.25, 0.3) is 0 Å². The molecule has 0 saturated carbocycles. The molecule has 1 aromatic rings. The molecule has 1 fully saturated rings. The van der Waals surface area contributed by atoms with Gasteiger partial charge in [0.2, 0.25) is 0 Å². The zero-order valence-electron chi connectivity index (χ0n) is 12.4. The molecular formula is C15H22N2O2S. The Morgan fingerprint density at radius 3 is 2.90 bits per heavy atom. The minimum absolute atomic E-state index is 0.116. The van der Waals surface area contributed by atoms with Crippen LogP contribution in [-0.4, -0.2) is 40.9 Å². The molecule has 0 bridgehead atoms. The van der Waals surface area contributed by atoms with Gasteiger partial charge in [0.15, 0.2) is 0 Å². The Morgan fingerprint density at radius 2 is 2.25 bits per heavy atom. The Kier molecular flexibility index (Phi) is 4.91. The molecule has 0 spiro atoms. The van der Waals surface area contributed by atoms with Crippen LogP contribution in [0.2, 0.25) is 0 Å². The van der Waals surface area contributed by atoms with Gasteiger partial charge >= 0.3 is 0 Å². The van der Waals surface area contributed by atoms with Crippen molar-refractivity contribution in [2.24, 2.45) is 5.92 Å². The van der Waals surface area contributed by atoms with Gasteiger partial charge in [-0.1, -0.05) is 0 Å². The van der Waals surface area contributed by atoms with E-state index in [2.05, 4.69) is 11.2 Å². The standard InChI is InChI=1S/C15H22N2O2S/c1-10-7-11(2)16-14(18)13(10)15(19)17-6-4-5-12(8-17)9-20-3/h7,12H,4-6,8-9H2,1-3H3,(H,16,18). The fraction of sp³-hybridized carbons (Fsp3) is 0.600. The summed E-state index contributed by atoms with van der Waals surface area (Å²) in [7, 11) is 0. The number of H-pyrrole nitrogens is 1. The maximum Gasteiger partial charge on any atom is 0.261 e. The smallest absolute Gasteiger partial charge is 0.261 e. The summed E-state index contributed by atoms with van der Waals surface area (Å²) in [6.45, 7) is 5.19. The molecule has 20 heavy (non-hydrogen) atoms. The molecule has 110 valence electrons. The Bertz CT molecular complexity index is 551. The molecule has 0 aromatic carbocycles. The minimum Gasteiger partial charge on any atom is -0.338 e. The van der Waals surface area contributed by atoms with Crippen LogP contribution < -0.4 is 5.56 Å². The highest BCUT2D eigenvalue weighted by molar-refractivity contribution is 7.98. The number of thioether (sulfide) groups is 1. The molecule has 0 radical (unpaired) electrons. The van der Waals surface area contributed by atoms with E-state index in [9.17, 15) is 9.59 Å². The molecule has 2 heterocycles. The van der Waals surface area contributed by atoms with Gasteiger partial charge in [-0.3, -0.25) is 9.59 Å². The number of carbonyl (C=O) groups is 1. The van der Waals surface area contributed by atoms with Crippen molar-refractivity contribution in [3.8, 4) is 0 Å². The van der Waals surface area contributed by atoms with Gasteiger partial charge in [0.1, 0.15) is 5.56 Å². The van der Waals surface area contributed by atoms with Gasteiger partial charge in [0.05, 0.1) is 0 Å². The lowest BCUT2D eigenvalue weighted by Crippen LogP contribution is -2.42. The summed E-state index contributed by atoms with van der Waals surface area (Å²) in [4.78, 5) is 29.2. The van der Waals surface area contributed by atoms with Crippen LogP contribution in [0.4, 0.5) is 0 Å². The van der Waals surface area contributed by atoms with Crippen molar-refractivity contribution in [1.29, 1.82) is 0 Å². The van der Waals surface area contributed by atoms with Crippen molar-refractivity contribution in [3.05, 3.63) is 33.2 Å². The molecule has 2 rings (SSSR count). The van der Waals surface area contributed by atoms with Crippen LogP contribution >= 0.6 is 11.8 Å². The summed E-state index contributed by atoms with van der Waals surface area (Å²) in [5.41, 5.74) is 1.60. The number of amides is 1. The lowest BCUT2D eigenvalue weighted by Gasteiger charge is -2.32. The average molecular weight is 294 g/mol. The highest BCUT2D eigenvalue weighted by Crippen LogP contribution is 2.21. The first-order valence-corrected chi connectivity index (χ1v) is 8.41. The first-order chi connectivity index (χ1) is 9.52. The molecule has 1 aliphatic rings. The summed E-state index contributed by atoms with van der Waals surface area (Å²) in [5.74, 6) is 1.51. The Hall–Kier alpha value is -1.23. The molecule has 1 amide bonds. The third-order valence-corrected chi connectivity index (χ3v) is 4.59. The minimum atomic E-state index is -0.264. The maximum atomic E-state index is 12.6. The van der Waals surface area contributed by atoms with Crippen molar-refractivity contribution < 1.29 is 4.79 Å². The molecule has 1 N–H and O–H groups in total. The maximum absolute atomic E-state index is 12.6. The highest BCUT2D eigenvalue weighted by Gasteiger charge is 2.26. The van der Waals surface area contributed by atoms with E-state index in [1.807, 2.05) is 36.6 Å². The number of aryl methyl sites for hydroxylation is 2. The summed E-state index contributed by atoms with van der Waals surface area (Å²) < 4.78 is 0. The van der Waals surface area contributed by atoms with E-state index < -0.39 is 0 Å². The lowest BCUT2D eigenvalue weighted by atomic mass is 9.98. The van der Waals surface area contributed by atoms with Crippen molar-refractivity contribution in [2.45, 2.75) is 26.7 Å². The van der Waals surface area contributed by atoms with E-state index >= 15 is 0 Å². The second-order valence-electron chi connectivity index (χ2n) is 5.55. The first kappa shape index (κ1) is 15.2.